The number of carbonyl (C=O) groups excluding carboxylic acids is 2. The number of amides is 2. The van der Waals surface area contributed by atoms with Crippen LogP contribution in [0.1, 0.15) is 16.7 Å². The van der Waals surface area contributed by atoms with E-state index in [1.165, 1.54) is 18.1 Å². The Morgan fingerprint density at radius 2 is 1.89 bits per heavy atom. The minimum Gasteiger partial charge on any atom is -0.495 e. The highest BCUT2D eigenvalue weighted by molar-refractivity contribution is 7.80. The Morgan fingerprint density at radius 1 is 1.15 bits per heavy atom. The van der Waals surface area contributed by atoms with Crippen LogP contribution in [0.3, 0.4) is 0 Å². The monoisotopic (exact) mass is 400 g/mol. The SMILES string of the molecule is COc1ccc(C=C2C(=O)NC(=S)N(c3ccc(C)cc3C)C2=O)cc1Cl. The molecule has 0 aromatic heterocycles. The third-order valence-corrected chi connectivity index (χ3v) is 4.76. The van der Waals surface area contributed by atoms with Gasteiger partial charge in [-0.2, -0.15) is 0 Å². The normalized spacial score (nSPS) is 15.9. The molecule has 0 spiro atoms. The van der Waals surface area contributed by atoms with Gasteiger partial charge in [0, 0.05) is 0 Å². The van der Waals surface area contributed by atoms with Crippen LogP contribution in [-0.2, 0) is 9.59 Å². The summed E-state index contributed by atoms with van der Waals surface area (Å²) in [4.78, 5) is 26.8. The Morgan fingerprint density at radius 3 is 2.52 bits per heavy atom. The van der Waals surface area contributed by atoms with Crippen molar-refractivity contribution in [2.75, 3.05) is 12.0 Å². The highest BCUT2D eigenvalue weighted by Gasteiger charge is 2.35. The summed E-state index contributed by atoms with van der Waals surface area (Å²) >= 11 is 11.4. The predicted octanol–water partition coefficient (Wildman–Crippen LogP) is 3.80. The number of aryl methyl sites for hydroxylation is 2. The van der Waals surface area contributed by atoms with Gasteiger partial charge in [0.05, 0.1) is 17.8 Å². The fourth-order valence-corrected chi connectivity index (χ4v) is 3.41. The third kappa shape index (κ3) is 3.72. The van der Waals surface area contributed by atoms with Gasteiger partial charge in [0.25, 0.3) is 11.8 Å². The molecule has 2 aromatic carbocycles. The van der Waals surface area contributed by atoms with Gasteiger partial charge in [0.15, 0.2) is 5.11 Å². The molecule has 1 heterocycles. The van der Waals surface area contributed by atoms with Gasteiger partial charge >= 0.3 is 0 Å². The van der Waals surface area contributed by atoms with Crippen molar-refractivity contribution in [3.05, 3.63) is 63.7 Å². The van der Waals surface area contributed by atoms with E-state index in [2.05, 4.69) is 5.32 Å². The van der Waals surface area contributed by atoms with Gasteiger partial charge in [-0.15, -0.1) is 0 Å². The molecular weight excluding hydrogens is 384 g/mol. The van der Waals surface area contributed by atoms with Crippen molar-refractivity contribution in [2.45, 2.75) is 13.8 Å². The van der Waals surface area contributed by atoms with Crippen LogP contribution < -0.4 is 15.0 Å². The van der Waals surface area contributed by atoms with E-state index in [9.17, 15) is 9.59 Å². The first-order chi connectivity index (χ1) is 12.8. The van der Waals surface area contributed by atoms with Crippen LogP contribution in [0.25, 0.3) is 6.08 Å². The number of methoxy groups -OCH3 is 1. The average Bonchev–Trinajstić information content (AvgIpc) is 2.60. The molecule has 0 unspecified atom stereocenters. The van der Waals surface area contributed by atoms with E-state index < -0.39 is 11.8 Å². The quantitative estimate of drug-likeness (QED) is 0.483. The molecule has 1 N–H and O–H groups in total. The van der Waals surface area contributed by atoms with Gasteiger partial charge in [0.2, 0.25) is 0 Å². The number of anilines is 1. The molecule has 3 rings (SSSR count). The zero-order chi connectivity index (χ0) is 19.7. The number of rotatable bonds is 3. The maximum atomic E-state index is 13.0. The highest BCUT2D eigenvalue weighted by atomic mass is 35.5. The van der Waals surface area contributed by atoms with Crippen molar-refractivity contribution in [2.24, 2.45) is 0 Å². The first-order valence-corrected chi connectivity index (χ1v) is 8.92. The molecule has 0 aliphatic carbocycles. The van der Waals surface area contributed by atoms with Gasteiger partial charge < -0.3 is 4.74 Å². The summed E-state index contributed by atoms with van der Waals surface area (Å²) in [5.41, 5.74) is 3.17. The molecule has 7 heteroatoms. The topological polar surface area (TPSA) is 58.6 Å². The number of ether oxygens (including phenoxy) is 1. The standard InChI is InChI=1S/C20H17ClN2O3S/c1-11-4-6-16(12(2)8-11)23-19(25)14(18(24)22-20(23)27)9-13-5-7-17(26-3)15(21)10-13/h4-10H,1-3H3,(H,22,24,27). The summed E-state index contributed by atoms with van der Waals surface area (Å²) in [6, 6.07) is 10.7. The van der Waals surface area contributed by atoms with Crippen LogP contribution in [0.2, 0.25) is 5.02 Å². The molecule has 1 fully saturated rings. The Bertz CT molecular complexity index is 1000. The second-order valence-electron chi connectivity index (χ2n) is 6.14. The molecule has 27 heavy (non-hydrogen) atoms. The molecular formula is C20H17ClN2O3S. The van der Waals surface area contributed by atoms with Crippen molar-refractivity contribution >= 4 is 52.5 Å². The maximum absolute atomic E-state index is 13.0. The first kappa shape index (κ1) is 19.1. The molecule has 1 aliphatic rings. The minimum absolute atomic E-state index is 0.0233. The number of nitrogens with one attached hydrogen (secondary N) is 1. The molecule has 0 bridgehead atoms. The van der Waals surface area contributed by atoms with Gasteiger partial charge in [-0.25, -0.2) is 0 Å². The number of hydrogen-bond acceptors (Lipinski definition) is 4. The highest BCUT2D eigenvalue weighted by Crippen LogP contribution is 2.28. The molecule has 1 saturated heterocycles. The molecule has 0 radical (unpaired) electrons. The van der Waals surface area contributed by atoms with Crippen molar-refractivity contribution in [3.63, 3.8) is 0 Å². The van der Waals surface area contributed by atoms with Crippen LogP contribution in [0.15, 0.2) is 42.0 Å². The first-order valence-electron chi connectivity index (χ1n) is 8.14. The summed E-state index contributed by atoms with van der Waals surface area (Å²) < 4.78 is 5.12. The smallest absolute Gasteiger partial charge is 0.270 e. The predicted molar refractivity (Wildman–Crippen MR) is 110 cm³/mol. The number of benzene rings is 2. The zero-order valence-corrected chi connectivity index (χ0v) is 16.6. The fourth-order valence-electron chi connectivity index (χ4n) is 2.87. The lowest BCUT2D eigenvalue weighted by atomic mass is 10.0. The lowest BCUT2D eigenvalue weighted by Crippen LogP contribution is -2.54. The van der Waals surface area contributed by atoms with Crippen LogP contribution in [-0.4, -0.2) is 24.0 Å². The van der Waals surface area contributed by atoms with Gasteiger partial charge in [-0.1, -0.05) is 35.4 Å². The second-order valence-corrected chi connectivity index (χ2v) is 6.94. The minimum atomic E-state index is -0.544. The van der Waals surface area contributed by atoms with Crippen LogP contribution in [0.5, 0.6) is 5.75 Å². The lowest BCUT2D eigenvalue weighted by Gasteiger charge is -2.30. The molecule has 0 atom stereocenters. The molecule has 0 saturated carbocycles. The average molecular weight is 401 g/mol. The Balaban J connectivity index is 2.03. The summed E-state index contributed by atoms with van der Waals surface area (Å²) in [5.74, 6) is -0.517. The molecule has 138 valence electrons. The van der Waals surface area contributed by atoms with Crippen molar-refractivity contribution in [1.29, 1.82) is 0 Å². The van der Waals surface area contributed by atoms with Crippen molar-refractivity contribution < 1.29 is 14.3 Å². The van der Waals surface area contributed by atoms with Gasteiger partial charge in [-0.05, 0) is 61.5 Å². The van der Waals surface area contributed by atoms with E-state index in [-0.39, 0.29) is 10.7 Å². The van der Waals surface area contributed by atoms with Crippen molar-refractivity contribution in [1.82, 2.24) is 5.32 Å². The summed E-state index contributed by atoms with van der Waals surface area (Å²) in [6.07, 6.45) is 1.49. The van der Waals surface area contributed by atoms with Crippen LogP contribution in [0.4, 0.5) is 5.69 Å². The summed E-state index contributed by atoms with van der Waals surface area (Å²) in [6.45, 7) is 3.86. The summed E-state index contributed by atoms with van der Waals surface area (Å²) in [5, 5.41) is 3.02. The largest absolute Gasteiger partial charge is 0.495 e. The van der Waals surface area contributed by atoms with E-state index in [0.717, 1.165) is 11.1 Å². The number of thiocarbonyl (C=S) groups is 1. The van der Waals surface area contributed by atoms with Crippen LogP contribution >= 0.6 is 23.8 Å². The number of halogens is 1. The van der Waals surface area contributed by atoms with E-state index in [1.807, 2.05) is 32.0 Å². The fraction of sp³-hybridized carbons (Fsp3) is 0.150. The van der Waals surface area contributed by atoms with Gasteiger partial charge in [0.1, 0.15) is 11.3 Å². The Labute approximate surface area is 167 Å². The van der Waals surface area contributed by atoms with E-state index >= 15 is 0 Å². The van der Waals surface area contributed by atoms with Gasteiger partial charge in [-0.3, -0.25) is 19.8 Å². The lowest BCUT2D eigenvalue weighted by molar-refractivity contribution is -0.122. The number of hydrogen-bond donors (Lipinski definition) is 1. The second kappa shape index (κ2) is 7.50. The third-order valence-electron chi connectivity index (χ3n) is 4.18. The number of nitrogens with zero attached hydrogens (tertiary/aromatic N) is 1. The molecule has 5 nitrogen and oxygen atoms in total. The molecule has 2 amide bonds. The van der Waals surface area contributed by atoms with E-state index in [4.69, 9.17) is 28.6 Å². The molecule has 2 aromatic rings. The van der Waals surface area contributed by atoms with Crippen molar-refractivity contribution in [3.8, 4) is 5.75 Å². The Hall–Kier alpha value is -2.70. The number of carbonyl (C=O) groups is 2. The zero-order valence-electron chi connectivity index (χ0n) is 15.0. The maximum Gasteiger partial charge on any atom is 0.270 e. The van der Waals surface area contributed by atoms with E-state index in [0.29, 0.717) is 22.0 Å². The molecule has 1 aliphatic heterocycles. The van der Waals surface area contributed by atoms with Crippen LogP contribution in [0, 0.1) is 13.8 Å². The summed E-state index contributed by atoms with van der Waals surface area (Å²) in [7, 11) is 1.51. The van der Waals surface area contributed by atoms with E-state index in [1.54, 1.807) is 18.2 Å². The Kier molecular flexibility index (Phi) is 5.30.